The largest absolute Gasteiger partial charge is 0.504 e. The smallest absolute Gasteiger partial charge is 0.168 e. The molecule has 0 amide bonds. The van der Waals surface area contributed by atoms with Gasteiger partial charge in [0.2, 0.25) is 0 Å². The van der Waals surface area contributed by atoms with Crippen LogP contribution in [-0.2, 0) is 6.54 Å². The number of aliphatic hydroxyl groups excluding tert-OH is 1. The minimum Gasteiger partial charge on any atom is -0.504 e. The molecule has 1 rings (SSSR count). The lowest BCUT2D eigenvalue weighted by molar-refractivity contribution is 0.276. The van der Waals surface area contributed by atoms with Gasteiger partial charge >= 0.3 is 0 Å². The Kier molecular flexibility index (Phi) is 2.90. The van der Waals surface area contributed by atoms with Crippen LogP contribution < -0.4 is 0 Å². The Morgan fingerprint density at radius 2 is 2.36 bits per heavy atom. The van der Waals surface area contributed by atoms with E-state index in [0.717, 1.165) is 0 Å². The van der Waals surface area contributed by atoms with Gasteiger partial charge in [0.1, 0.15) is 4.60 Å². The lowest BCUT2D eigenvalue weighted by atomic mass is 10.4. The van der Waals surface area contributed by atoms with Gasteiger partial charge in [-0.25, -0.2) is 0 Å². The monoisotopic (exact) mass is 220 g/mol. The molecule has 0 saturated carbocycles. The molecule has 62 valence electrons. The number of halogens is 1. The Morgan fingerprint density at radius 3 is 2.82 bits per heavy atom. The number of rotatable bonds is 3. The van der Waals surface area contributed by atoms with E-state index in [4.69, 9.17) is 10.2 Å². The van der Waals surface area contributed by atoms with Crippen LogP contribution in [0.2, 0.25) is 0 Å². The van der Waals surface area contributed by atoms with Crippen molar-refractivity contribution in [2.24, 2.45) is 0 Å². The lowest BCUT2D eigenvalue weighted by Gasteiger charge is -1.99. The van der Waals surface area contributed by atoms with E-state index in [-0.39, 0.29) is 12.4 Å². The third kappa shape index (κ3) is 1.94. The quantitative estimate of drug-likeness (QED) is 0.791. The highest BCUT2D eigenvalue weighted by Crippen LogP contribution is 2.22. The molecule has 0 aliphatic heterocycles. The van der Waals surface area contributed by atoms with Crippen LogP contribution in [0.25, 0.3) is 0 Å². The fourth-order valence-electron chi connectivity index (χ4n) is 0.737. The van der Waals surface area contributed by atoms with Crippen molar-refractivity contribution in [2.45, 2.75) is 13.0 Å². The lowest BCUT2D eigenvalue weighted by Crippen LogP contribution is -2.01. The zero-order valence-electron chi connectivity index (χ0n) is 5.87. The first-order valence-electron chi connectivity index (χ1n) is 3.27. The molecule has 0 bridgehead atoms. The highest BCUT2D eigenvalue weighted by atomic mass is 79.9. The molecule has 0 aliphatic rings. The van der Waals surface area contributed by atoms with Crippen molar-refractivity contribution in [2.75, 3.05) is 6.61 Å². The van der Waals surface area contributed by atoms with Crippen LogP contribution in [0.15, 0.2) is 10.8 Å². The van der Waals surface area contributed by atoms with E-state index in [2.05, 4.69) is 21.0 Å². The maximum absolute atomic E-state index is 9.05. The number of hydrogen-bond acceptors (Lipinski definition) is 3. The van der Waals surface area contributed by atoms with Crippen molar-refractivity contribution < 1.29 is 10.2 Å². The molecule has 1 aromatic heterocycles. The predicted molar refractivity (Wildman–Crippen MR) is 43.3 cm³/mol. The van der Waals surface area contributed by atoms with E-state index in [1.807, 2.05) is 0 Å². The maximum atomic E-state index is 9.05. The number of aryl methyl sites for hydroxylation is 1. The molecule has 2 N–H and O–H groups in total. The van der Waals surface area contributed by atoms with Gasteiger partial charge in [-0.1, -0.05) is 0 Å². The zero-order valence-corrected chi connectivity index (χ0v) is 7.45. The van der Waals surface area contributed by atoms with Crippen molar-refractivity contribution in [3.8, 4) is 5.75 Å². The molecule has 0 unspecified atom stereocenters. The summed E-state index contributed by atoms with van der Waals surface area (Å²) in [6.07, 6.45) is 2.00. The Hall–Kier alpha value is -0.550. The fourth-order valence-corrected chi connectivity index (χ4v) is 1.11. The first kappa shape index (κ1) is 8.55. The zero-order chi connectivity index (χ0) is 8.27. The normalized spacial score (nSPS) is 10.4. The molecular weight excluding hydrogens is 212 g/mol. The third-order valence-electron chi connectivity index (χ3n) is 1.29. The second kappa shape index (κ2) is 3.73. The molecule has 0 spiro atoms. The van der Waals surface area contributed by atoms with Gasteiger partial charge in [0.05, 0.1) is 6.20 Å². The molecule has 0 atom stereocenters. The van der Waals surface area contributed by atoms with E-state index in [0.29, 0.717) is 17.6 Å². The molecular formula is C6H9BrN2O2. The summed E-state index contributed by atoms with van der Waals surface area (Å²) in [5.41, 5.74) is 0. The average molecular weight is 221 g/mol. The van der Waals surface area contributed by atoms with E-state index >= 15 is 0 Å². The van der Waals surface area contributed by atoms with Crippen molar-refractivity contribution in [1.29, 1.82) is 0 Å². The van der Waals surface area contributed by atoms with Crippen LogP contribution in [0.3, 0.4) is 0 Å². The Balaban J connectivity index is 2.63. The van der Waals surface area contributed by atoms with Gasteiger partial charge in [0, 0.05) is 13.2 Å². The summed E-state index contributed by atoms with van der Waals surface area (Å²) in [6.45, 7) is 0.741. The predicted octanol–water partition coefficient (Wildman–Crippen LogP) is 0.734. The summed E-state index contributed by atoms with van der Waals surface area (Å²) >= 11 is 3.15. The molecule has 11 heavy (non-hydrogen) atoms. The van der Waals surface area contributed by atoms with Crippen LogP contribution in [0, 0.1) is 0 Å². The SMILES string of the molecule is OCCCn1ncc(O)c1Br. The van der Waals surface area contributed by atoms with Gasteiger partial charge in [0.15, 0.2) is 5.75 Å². The second-order valence-corrected chi connectivity index (χ2v) is 2.87. The molecule has 1 heterocycles. The fraction of sp³-hybridized carbons (Fsp3) is 0.500. The topological polar surface area (TPSA) is 58.3 Å². The van der Waals surface area contributed by atoms with Gasteiger partial charge in [-0.05, 0) is 22.4 Å². The second-order valence-electron chi connectivity index (χ2n) is 2.12. The van der Waals surface area contributed by atoms with Gasteiger partial charge in [-0.3, -0.25) is 4.68 Å². The van der Waals surface area contributed by atoms with Gasteiger partial charge in [-0.2, -0.15) is 5.10 Å². The van der Waals surface area contributed by atoms with E-state index in [9.17, 15) is 0 Å². The Labute approximate surface area is 72.6 Å². The first-order valence-corrected chi connectivity index (χ1v) is 4.06. The standard InChI is InChI=1S/C6H9BrN2O2/c7-6-5(11)4-8-9(6)2-1-3-10/h4,10-11H,1-3H2. The van der Waals surface area contributed by atoms with Gasteiger partial charge in [0.25, 0.3) is 0 Å². The van der Waals surface area contributed by atoms with Crippen molar-refractivity contribution in [1.82, 2.24) is 9.78 Å². The van der Waals surface area contributed by atoms with E-state index < -0.39 is 0 Å². The summed E-state index contributed by atoms with van der Waals surface area (Å²) in [4.78, 5) is 0. The number of aromatic nitrogens is 2. The van der Waals surface area contributed by atoms with Gasteiger partial charge in [-0.15, -0.1) is 0 Å². The molecule has 5 heteroatoms. The van der Waals surface area contributed by atoms with Crippen LogP contribution in [0.4, 0.5) is 0 Å². The average Bonchev–Trinajstić information content (AvgIpc) is 2.31. The molecule has 0 radical (unpaired) electrons. The Morgan fingerprint density at radius 1 is 1.64 bits per heavy atom. The molecule has 4 nitrogen and oxygen atoms in total. The summed E-state index contributed by atoms with van der Waals surface area (Å²) < 4.78 is 2.15. The number of aliphatic hydroxyl groups is 1. The molecule has 0 saturated heterocycles. The minimum atomic E-state index is 0.128. The summed E-state index contributed by atoms with van der Waals surface area (Å²) in [7, 11) is 0. The van der Waals surface area contributed by atoms with Crippen LogP contribution in [0.1, 0.15) is 6.42 Å². The van der Waals surface area contributed by atoms with Crippen LogP contribution >= 0.6 is 15.9 Å². The summed E-state index contributed by atoms with van der Waals surface area (Å²) in [6, 6.07) is 0. The highest BCUT2D eigenvalue weighted by molar-refractivity contribution is 9.10. The van der Waals surface area contributed by atoms with Crippen molar-refractivity contribution in [3.63, 3.8) is 0 Å². The molecule has 0 fully saturated rings. The number of aromatic hydroxyl groups is 1. The van der Waals surface area contributed by atoms with Gasteiger partial charge < -0.3 is 10.2 Å². The summed E-state index contributed by atoms with van der Waals surface area (Å²) in [5, 5.41) is 21.4. The maximum Gasteiger partial charge on any atom is 0.168 e. The minimum absolute atomic E-state index is 0.128. The third-order valence-corrected chi connectivity index (χ3v) is 2.10. The molecule has 0 aromatic carbocycles. The van der Waals surface area contributed by atoms with E-state index in [1.165, 1.54) is 6.20 Å². The number of hydrogen-bond donors (Lipinski definition) is 2. The van der Waals surface area contributed by atoms with E-state index in [1.54, 1.807) is 4.68 Å². The van der Waals surface area contributed by atoms with Crippen molar-refractivity contribution >= 4 is 15.9 Å². The molecule has 0 aliphatic carbocycles. The summed E-state index contributed by atoms with van der Waals surface area (Å²) in [5.74, 6) is 0.128. The van der Waals surface area contributed by atoms with Crippen molar-refractivity contribution in [3.05, 3.63) is 10.8 Å². The van der Waals surface area contributed by atoms with Crippen LogP contribution in [0.5, 0.6) is 5.75 Å². The highest BCUT2D eigenvalue weighted by Gasteiger charge is 2.04. The first-order chi connectivity index (χ1) is 5.25. The number of nitrogens with zero attached hydrogens (tertiary/aromatic N) is 2. The van der Waals surface area contributed by atoms with Crippen LogP contribution in [-0.4, -0.2) is 26.6 Å². The Bertz CT molecular complexity index is 236. The molecule has 1 aromatic rings.